The summed E-state index contributed by atoms with van der Waals surface area (Å²) in [5, 5.41) is 0. The van der Waals surface area contributed by atoms with Gasteiger partial charge in [-0.25, -0.2) is 4.98 Å². The molecule has 3 nitrogen and oxygen atoms in total. The van der Waals surface area contributed by atoms with Crippen molar-refractivity contribution in [1.29, 1.82) is 0 Å². The fraction of sp³-hybridized carbons (Fsp3) is 0.357. The minimum absolute atomic E-state index is 0.579. The van der Waals surface area contributed by atoms with Crippen LogP contribution in [0.3, 0.4) is 0 Å². The Bertz CT molecular complexity index is 459. The van der Waals surface area contributed by atoms with Crippen LogP contribution in [-0.4, -0.2) is 11.5 Å². The van der Waals surface area contributed by atoms with E-state index in [0.29, 0.717) is 6.54 Å². The zero-order valence-corrected chi connectivity index (χ0v) is 10.1. The van der Waals surface area contributed by atoms with Crippen molar-refractivity contribution >= 4 is 0 Å². The molecule has 0 saturated heterocycles. The van der Waals surface area contributed by atoms with E-state index in [2.05, 4.69) is 36.2 Å². The van der Waals surface area contributed by atoms with Crippen molar-refractivity contribution in [3.8, 4) is 11.3 Å². The van der Waals surface area contributed by atoms with Gasteiger partial charge in [-0.1, -0.05) is 37.6 Å². The highest BCUT2D eigenvalue weighted by Gasteiger charge is 2.09. The first-order chi connectivity index (χ1) is 8.35. The number of hydrogen-bond acceptors (Lipinski definition) is 3. The molecule has 0 aliphatic heterocycles. The first-order valence-corrected chi connectivity index (χ1v) is 6.07. The maximum atomic E-state index is 5.54. The minimum Gasteiger partial charge on any atom is -0.448 e. The molecule has 0 unspecified atom stereocenters. The second-order valence-electron chi connectivity index (χ2n) is 4.11. The lowest BCUT2D eigenvalue weighted by Crippen LogP contribution is -2.02. The van der Waals surface area contributed by atoms with Crippen LogP contribution in [0.2, 0.25) is 0 Å². The third-order valence-electron chi connectivity index (χ3n) is 2.78. The number of nitrogens with zero attached hydrogens (tertiary/aromatic N) is 1. The molecule has 1 aromatic carbocycles. The Morgan fingerprint density at radius 2 is 1.94 bits per heavy atom. The fourth-order valence-electron chi connectivity index (χ4n) is 1.93. The Hall–Kier alpha value is -1.61. The molecule has 2 aromatic rings. The molecule has 0 aliphatic rings. The number of oxazole rings is 1. The van der Waals surface area contributed by atoms with Gasteiger partial charge >= 0.3 is 0 Å². The normalized spacial score (nSPS) is 10.7. The largest absolute Gasteiger partial charge is 0.448 e. The number of rotatable bonds is 5. The Morgan fingerprint density at radius 3 is 2.59 bits per heavy atom. The molecular formula is C14H18N2O. The van der Waals surface area contributed by atoms with Crippen LogP contribution in [0, 0.1) is 0 Å². The maximum absolute atomic E-state index is 5.54. The fourth-order valence-corrected chi connectivity index (χ4v) is 1.93. The zero-order chi connectivity index (χ0) is 12.1. The van der Waals surface area contributed by atoms with Gasteiger partial charge in [0.25, 0.3) is 0 Å². The SMILES string of the molecule is CCCc1ccc(-c2ncoc2CCN)cc1. The van der Waals surface area contributed by atoms with E-state index >= 15 is 0 Å². The second-order valence-corrected chi connectivity index (χ2v) is 4.11. The van der Waals surface area contributed by atoms with E-state index in [1.807, 2.05) is 0 Å². The van der Waals surface area contributed by atoms with E-state index in [4.69, 9.17) is 10.2 Å². The topological polar surface area (TPSA) is 52.0 Å². The lowest BCUT2D eigenvalue weighted by molar-refractivity contribution is 0.506. The third kappa shape index (κ3) is 2.74. The van der Waals surface area contributed by atoms with Crippen LogP contribution in [-0.2, 0) is 12.8 Å². The van der Waals surface area contributed by atoms with Gasteiger partial charge in [-0.2, -0.15) is 0 Å². The molecular weight excluding hydrogens is 212 g/mol. The van der Waals surface area contributed by atoms with Crippen molar-refractivity contribution in [1.82, 2.24) is 4.98 Å². The van der Waals surface area contributed by atoms with E-state index < -0.39 is 0 Å². The molecule has 0 fully saturated rings. The molecule has 0 aliphatic carbocycles. The van der Waals surface area contributed by atoms with Crippen LogP contribution in [0.1, 0.15) is 24.7 Å². The smallest absolute Gasteiger partial charge is 0.181 e. The average Bonchev–Trinajstić information content (AvgIpc) is 2.79. The molecule has 1 heterocycles. The molecule has 0 spiro atoms. The number of aromatic nitrogens is 1. The summed E-state index contributed by atoms with van der Waals surface area (Å²) in [6.07, 6.45) is 4.50. The molecule has 0 bridgehead atoms. The summed E-state index contributed by atoms with van der Waals surface area (Å²) in [7, 11) is 0. The number of hydrogen-bond donors (Lipinski definition) is 1. The Labute approximate surface area is 102 Å². The van der Waals surface area contributed by atoms with Gasteiger partial charge in [0, 0.05) is 12.0 Å². The van der Waals surface area contributed by atoms with Gasteiger partial charge in [0.15, 0.2) is 6.39 Å². The van der Waals surface area contributed by atoms with Crippen molar-refractivity contribution in [2.75, 3.05) is 6.54 Å². The lowest BCUT2D eigenvalue weighted by atomic mass is 10.0. The molecule has 0 atom stereocenters. The van der Waals surface area contributed by atoms with Gasteiger partial charge in [0.1, 0.15) is 11.5 Å². The van der Waals surface area contributed by atoms with Crippen molar-refractivity contribution in [3.05, 3.63) is 42.0 Å². The molecule has 17 heavy (non-hydrogen) atoms. The summed E-state index contributed by atoms with van der Waals surface area (Å²) >= 11 is 0. The van der Waals surface area contributed by atoms with Gasteiger partial charge in [0.2, 0.25) is 0 Å². The first kappa shape index (κ1) is 11.9. The van der Waals surface area contributed by atoms with Crippen LogP contribution in [0.15, 0.2) is 35.1 Å². The van der Waals surface area contributed by atoms with Gasteiger partial charge < -0.3 is 10.2 Å². The van der Waals surface area contributed by atoms with Gasteiger partial charge in [-0.3, -0.25) is 0 Å². The molecule has 0 saturated carbocycles. The van der Waals surface area contributed by atoms with Gasteiger partial charge in [-0.15, -0.1) is 0 Å². The molecule has 2 rings (SSSR count). The van der Waals surface area contributed by atoms with Crippen molar-refractivity contribution < 1.29 is 4.42 Å². The third-order valence-corrected chi connectivity index (χ3v) is 2.78. The van der Waals surface area contributed by atoms with E-state index in [1.54, 1.807) is 0 Å². The molecule has 2 N–H and O–H groups in total. The van der Waals surface area contributed by atoms with Crippen molar-refractivity contribution in [3.63, 3.8) is 0 Å². The Balaban J connectivity index is 2.23. The summed E-state index contributed by atoms with van der Waals surface area (Å²) in [6, 6.07) is 8.51. The van der Waals surface area contributed by atoms with Crippen molar-refractivity contribution in [2.24, 2.45) is 5.73 Å². The van der Waals surface area contributed by atoms with E-state index in [-0.39, 0.29) is 0 Å². The second kappa shape index (κ2) is 5.64. The van der Waals surface area contributed by atoms with Crippen LogP contribution < -0.4 is 5.73 Å². The molecule has 0 radical (unpaired) electrons. The predicted molar refractivity (Wildman–Crippen MR) is 68.7 cm³/mol. The maximum Gasteiger partial charge on any atom is 0.181 e. The number of nitrogens with two attached hydrogens (primary N) is 1. The zero-order valence-electron chi connectivity index (χ0n) is 10.1. The number of benzene rings is 1. The van der Waals surface area contributed by atoms with Crippen molar-refractivity contribution in [2.45, 2.75) is 26.2 Å². The van der Waals surface area contributed by atoms with E-state index in [9.17, 15) is 0 Å². The first-order valence-electron chi connectivity index (χ1n) is 6.07. The summed E-state index contributed by atoms with van der Waals surface area (Å²) in [4.78, 5) is 4.26. The summed E-state index contributed by atoms with van der Waals surface area (Å²) in [5.74, 6) is 0.871. The Kier molecular flexibility index (Phi) is 3.94. The van der Waals surface area contributed by atoms with Crippen LogP contribution >= 0.6 is 0 Å². The Morgan fingerprint density at radius 1 is 1.18 bits per heavy atom. The van der Waals surface area contributed by atoms with E-state index in [0.717, 1.165) is 29.9 Å². The highest BCUT2D eigenvalue weighted by Crippen LogP contribution is 2.23. The monoisotopic (exact) mass is 230 g/mol. The van der Waals surface area contributed by atoms with Crippen LogP contribution in [0.5, 0.6) is 0 Å². The molecule has 0 amide bonds. The standard InChI is InChI=1S/C14H18N2O/c1-2-3-11-4-6-12(7-5-11)14-13(8-9-15)17-10-16-14/h4-7,10H,2-3,8-9,15H2,1H3. The summed E-state index contributed by atoms with van der Waals surface area (Å²) in [5.41, 5.74) is 8.92. The highest BCUT2D eigenvalue weighted by molar-refractivity contribution is 5.61. The highest BCUT2D eigenvalue weighted by atomic mass is 16.3. The molecule has 90 valence electrons. The number of aryl methyl sites for hydroxylation is 1. The lowest BCUT2D eigenvalue weighted by Gasteiger charge is -2.02. The predicted octanol–water partition coefficient (Wildman–Crippen LogP) is 2.80. The molecule has 3 heteroatoms. The summed E-state index contributed by atoms with van der Waals surface area (Å²) < 4.78 is 5.35. The van der Waals surface area contributed by atoms with Gasteiger partial charge in [-0.05, 0) is 18.5 Å². The quantitative estimate of drug-likeness (QED) is 0.859. The minimum atomic E-state index is 0.579. The van der Waals surface area contributed by atoms with E-state index in [1.165, 1.54) is 18.4 Å². The summed E-state index contributed by atoms with van der Waals surface area (Å²) in [6.45, 7) is 2.76. The molecule has 1 aromatic heterocycles. The van der Waals surface area contributed by atoms with Gasteiger partial charge in [0.05, 0.1) is 0 Å². The average molecular weight is 230 g/mol. The van der Waals surface area contributed by atoms with Crippen LogP contribution in [0.25, 0.3) is 11.3 Å². The van der Waals surface area contributed by atoms with Crippen LogP contribution in [0.4, 0.5) is 0 Å².